The van der Waals surface area contributed by atoms with Crippen LogP contribution in [0.4, 0.5) is 0 Å². The van der Waals surface area contributed by atoms with Gasteiger partial charge in [-0.3, -0.25) is 4.98 Å². The molecule has 0 saturated carbocycles. The minimum absolute atomic E-state index is 0.790. The summed E-state index contributed by atoms with van der Waals surface area (Å²) in [5, 5.41) is 0. The highest BCUT2D eigenvalue weighted by molar-refractivity contribution is 5.53. The average Bonchev–Trinajstić information content (AvgIpc) is 2.87. The Morgan fingerprint density at radius 1 is 0.471 bits per heavy atom. The smallest absolute Gasteiger partial charge is 0.160 e. The predicted molar refractivity (Wildman–Crippen MR) is 147 cm³/mol. The van der Waals surface area contributed by atoms with Crippen molar-refractivity contribution < 1.29 is 0 Å². The molecule has 0 saturated heterocycles. The molecule has 2 aromatic rings. The van der Waals surface area contributed by atoms with Crippen molar-refractivity contribution in [2.75, 3.05) is 0 Å². The third-order valence-corrected chi connectivity index (χ3v) is 6.89. The van der Waals surface area contributed by atoms with Crippen LogP contribution in [0, 0.1) is 0 Å². The Kier molecular flexibility index (Phi) is 16.3. The second kappa shape index (κ2) is 19.5. The fraction of sp³-hybridized carbons (Fsp3) is 0.710. The molecular weight excluding hydrogens is 414 g/mol. The topological polar surface area (TPSA) is 38.7 Å². The van der Waals surface area contributed by atoms with E-state index < -0.39 is 0 Å². The van der Waals surface area contributed by atoms with Gasteiger partial charge < -0.3 is 0 Å². The Morgan fingerprint density at radius 2 is 0.941 bits per heavy atom. The maximum Gasteiger partial charge on any atom is 0.160 e. The molecule has 0 aromatic carbocycles. The monoisotopic (exact) mass is 465 g/mol. The molecule has 3 nitrogen and oxygen atoms in total. The normalized spacial score (nSPS) is 11.2. The van der Waals surface area contributed by atoms with Crippen molar-refractivity contribution >= 4 is 0 Å². The van der Waals surface area contributed by atoms with Crippen LogP contribution in [-0.2, 0) is 12.8 Å². The third kappa shape index (κ3) is 13.2. The maximum atomic E-state index is 4.67. The van der Waals surface area contributed by atoms with E-state index in [1.807, 2.05) is 18.6 Å². The summed E-state index contributed by atoms with van der Waals surface area (Å²) in [5.41, 5.74) is 3.46. The molecule has 0 aliphatic rings. The Morgan fingerprint density at radius 3 is 1.41 bits per heavy atom. The highest BCUT2D eigenvalue weighted by atomic mass is 14.9. The van der Waals surface area contributed by atoms with Crippen molar-refractivity contribution in [3.63, 3.8) is 0 Å². The summed E-state index contributed by atoms with van der Waals surface area (Å²) >= 11 is 0. The standard InChI is InChI=1S/C31H51N3/c1-3-5-7-9-11-13-15-17-19-21-28-25-33-31(34-26-28)29-23-24-30(32-27-29)22-20-18-16-14-12-10-8-6-4-2/h23-27H,3-22H2,1-2H3. The fourth-order valence-electron chi connectivity index (χ4n) is 4.59. The van der Waals surface area contributed by atoms with Gasteiger partial charge in [-0.1, -0.05) is 117 Å². The summed E-state index contributed by atoms with van der Waals surface area (Å²) in [7, 11) is 0. The third-order valence-electron chi connectivity index (χ3n) is 6.89. The van der Waals surface area contributed by atoms with E-state index in [-0.39, 0.29) is 0 Å². The van der Waals surface area contributed by atoms with Crippen molar-refractivity contribution in [3.05, 3.63) is 42.0 Å². The summed E-state index contributed by atoms with van der Waals surface area (Å²) in [6.07, 6.45) is 32.7. The van der Waals surface area contributed by atoms with Crippen molar-refractivity contribution in [3.8, 4) is 11.4 Å². The molecule has 0 amide bonds. The number of aryl methyl sites for hydroxylation is 2. The lowest BCUT2D eigenvalue weighted by atomic mass is 10.0. The molecule has 3 heteroatoms. The Balaban J connectivity index is 1.57. The molecule has 0 radical (unpaired) electrons. The molecular formula is C31H51N3. The second-order valence-electron chi connectivity index (χ2n) is 10.1. The zero-order valence-corrected chi connectivity index (χ0v) is 22.4. The molecule has 2 aromatic heterocycles. The van der Waals surface area contributed by atoms with Crippen molar-refractivity contribution in [2.45, 2.75) is 142 Å². The lowest BCUT2D eigenvalue weighted by Gasteiger charge is -2.05. The molecule has 0 bridgehead atoms. The minimum atomic E-state index is 0.790. The van der Waals surface area contributed by atoms with Gasteiger partial charge in [0.25, 0.3) is 0 Å². The minimum Gasteiger partial charge on any atom is -0.261 e. The molecule has 190 valence electrons. The van der Waals surface area contributed by atoms with E-state index in [1.165, 1.54) is 127 Å². The van der Waals surface area contributed by atoms with Gasteiger partial charge in [-0.2, -0.15) is 0 Å². The molecule has 2 rings (SSSR count). The van der Waals surface area contributed by atoms with Gasteiger partial charge in [0.15, 0.2) is 5.82 Å². The van der Waals surface area contributed by atoms with Crippen molar-refractivity contribution in [1.82, 2.24) is 15.0 Å². The van der Waals surface area contributed by atoms with Crippen LogP contribution in [0.2, 0.25) is 0 Å². The van der Waals surface area contributed by atoms with Crippen LogP contribution in [0.1, 0.15) is 141 Å². The number of pyridine rings is 1. The number of hydrogen-bond acceptors (Lipinski definition) is 3. The zero-order valence-electron chi connectivity index (χ0n) is 22.4. The lowest BCUT2D eigenvalue weighted by Crippen LogP contribution is -1.95. The van der Waals surface area contributed by atoms with E-state index in [0.29, 0.717) is 0 Å². The van der Waals surface area contributed by atoms with E-state index in [2.05, 4.69) is 40.9 Å². The van der Waals surface area contributed by atoms with Gasteiger partial charge in [-0.25, -0.2) is 9.97 Å². The summed E-state index contributed by atoms with van der Waals surface area (Å²) in [5.74, 6) is 0.790. The van der Waals surface area contributed by atoms with Crippen LogP contribution < -0.4 is 0 Å². The molecule has 0 atom stereocenters. The number of aromatic nitrogens is 3. The van der Waals surface area contributed by atoms with Gasteiger partial charge in [-0.15, -0.1) is 0 Å². The first kappa shape index (κ1) is 28.5. The molecule has 0 spiro atoms. The van der Waals surface area contributed by atoms with Gasteiger partial charge in [0.2, 0.25) is 0 Å². The number of hydrogen-bond donors (Lipinski definition) is 0. The molecule has 0 aliphatic heterocycles. The summed E-state index contributed by atoms with van der Waals surface area (Å²) in [4.78, 5) is 13.9. The van der Waals surface area contributed by atoms with E-state index in [0.717, 1.165) is 24.2 Å². The van der Waals surface area contributed by atoms with Crippen LogP contribution in [0.25, 0.3) is 11.4 Å². The van der Waals surface area contributed by atoms with Crippen LogP contribution in [0.15, 0.2) is 30.7 Å². The average molecular weight is 466 g/mol. The van der Waals surface area contributed by atoms with E-state index in [1.54, 1.807) is 0 Å². The quantitative estimate of drug-likeness (QED) is 0.172. The first-order valence-corrected chi connectivity index (χ1v) is 14.6. The van der Waals surface area contributed by atoms with Crippen molar-refractivity contribution in [2.24, 2.45) is 0 Å². The van der Waals surface area contributed by atoms with Crippen LogP contribution in [0.3, 0.4) is 0 Å². The Bertz CT molecular complexity index is 645. The summed E-state index contributed by atoms with van der Waals surface area (Å²) in [6, 6.07) is 4.28. The number of nitrogens with zero attached hydrogens (tertiary/aromatic N) is 3. The zero-order chi connectivity index (χ0) is 24.1. The molecule has 0 fully saturated rings. The van der Waals surface area contributed by atoms with E-state index >= 15 is 0 Å². The maximum absolute atomic E-state index is 4.67. The largest absolute Gasteiger partial charge is 0.261 e. The fourth-order valence-corrected chi connectivity index (χ4v) is 4.59. The van der Waals surface area contributed by atoms with Crippen molar-refractivity contribution in [1.29, 1.82) is 0 Å². The SMILES string of the molecule is CCCCCCCCCCCc1cnc(-c2ccc(CCCCCCCCCCC)nc2)nc1. The lowest BCUT2D eigenvalue weighted by molar-refractivity contribution is 0.563. The first-order valence-electron chi connectivity index (χ1n) is 14.6. The Hall–Kier alpha value is -1.77. The molecule has 0 aliphatic carbocycles. The van der Waals surface area contributed by atoms with Gasteiger partial charge in [0.1, 0.15) is 0 Å². The van der Waals surface area contributed by atoms with Gasteiger partial charge in [0.05, 0.1) is 0 Å². The van der Waals surface area contributed by atoms with Gasteiger partial charge in [-0.05, 0) is 43.4 Å². The van der Waals surface area contributed by atoms with E-state index in [4.69, 9.17) is 0 Å². The van der Waals surface area contributed by atoms with Gasteiger partial charge in [0, 0.05) is 29.8 Å². The van der Waals surface area contributed by atoms with Crippen LogP contribution >= 0.6 is 0 Å². The first-order chi connectivity index (χ1) is 16.8. The van der Waals surface area contributed by atoms with E-state index in [9.17, 15) is 0 Å². The second-order valence-corrected chi connectivity index (χ2v) is 10.1. The highest BCUT2D eigenvalue weighted by Gasteiger charge is 2.04. The molecule has 34 heavy (non-hydrogen) atoms. The highest BCUT2D eigenvalue weighted by Crippen LogP contribution is 2.17. The number of unbranched alkanes of at least 4 members (excludes halogenated alkanes) is 16. The molecule has 2 heterocycles. The Labute approximate surface area is 210 Å². The summed E-state index contributed by atoms with van der Waals surface area (Å²) < 4.78 is 0. The summed E-state index contributed by atoms with van der Waals surface area (Å²) in [6.45, 7) is 4.56. The molecule has 0 N–H and O–H groups in total. The molecule has 0 unspecified atom stereocenters. The van der Waals surface area contributed by atoms with Crippen LogP contribution in [0.5, 0.6) is 0 Å². The van der Waals surface area contributed by atoms with Crippen LogP contribution in [-0.4, -0.2) is 15.0 Å². The number of rotatable bonds is 21. The van der Waals surface area contributed by atoms with Gasteiger partial charge >= 0.3 is 0 Å². The predicted octanol–water partition coefficient (Wildman–Crippen LogP) is 9.69.